The number of alkyl halides is 1. The number of rotatable bonds is 6. The Kier molecular flexibility index (Phi) is 7.42. The summed E-state index contributed by atoms with van der Waals surface area (Å²) in [6.07, 6.45) is 1.45. The lowest BCUT2D eigenvalue weighted by Crippen LogP contribution is -2.27. The van der Waals surface area contributed by atoms with E-state index in [-0.39, 0.29) is 5.91 Å². The van der Waals surface area contributed by atoms with Gasteiger partial charge in [-0.3, -0.25) is 10.1 Å². The van der Waals surface area contributed by atoms with Crippen molar-refractivity contribution in [2.45, 2.75) is 39.2 Å². The lowest BCUT2D eigenvalue weighted by molar-refractivity contribution is 0.0635. The number of halogens is 1. The fourth-order valence-electron chi connectivity index (χ4n) is 2.40. The van der Waals surface area contributed by atoms with Gasteiger partial charge in [-0.25, -0.2) is 4.79 Å². The predicted molar refractivity (Wildman–Crippen MR) is 113 cm³/mol. The highest BCUT2D eigenvalue weighted by atomic mass is 79.9. The molecule has 0 unspecified atom stereocenters. The van der Waals surface area contributed by atoms with Crippen molar-refractivity contribution in [1.82, 2.24) is 0 Å². The minimum absolute atomic E-state index is 0.236. The summed E-state index contributed by atoms with van der Waals surface area (Å²) in [6.45, 7) is 5.38. The zero-order valence-corrected chi connectivity index (χ0v) is 17.4. The summed E-state index contributed by atoms with van der Waals surface area (Å²) in [5.41, 5.74) is 2.15. The van der Waals surface area contributed by atoms with Crippen LogP contribution in [0.25, 0.3) is 0 Å². The number of ether oxygens (including phenoxy) is 1. The van der Waals surface area contributed by atoms with Gasteiger partial charge in [0.25, 0.3) is 5.91 Å². The van der Waals surface area contributed by atoms with Crippen molar-refractivity contribution in [1.29, 1.82) is 0 Å². The van der Waals surface area contributed by atoms with E-state index in [1.54, 1.807) is 45.0 Å². The van der Waals surface area contributed by atoms with E-state index in [9.17, 15) is 9.59 Å². The molecule has 0 aliphatic rings. The van der Waals surface area contributed by atoms with Gasteiger partial charge in [-0.1, -0.05) is 40.2 Å². The SMILES string of the molecule is CC(C)(C)OC(=O)Nc1ccccc1NC(=O)c1ccc(CCCBr)cc1. The van der Waals surface area contributed by atoms with E-state index in [1.165, 1.54) is 5.56 Å². The zero-order valence-electron chi connectivity index (χ0n) is 15.8. The van der Waals surface area contributed by atoms with Crippen molar-refractivity contribution in [2.75, 3.05) is 16.0 Å². The second-order valence-corrected chi connectivity index (χ2v) is 7.91. The van der Waals surface area contributed by atoms with Crippen LogP contribution < -0.4 is 10.6 Å². The molecule has 0 aromatic heterocycles. The molecule has 6 heteroatoms. The highest BCUT2D eigenvalue weighted by molar-refractivity contribution is 9.09. The van der Waals surface area contributed by atoms with Crippen LogP contribution in [0.5, 0.6) is 0 Å². The minimum atomic E-state index is -0.598. The van der Waals surface area contributed by atoms with Gasteiger partial charge in [-0.2, -0.15) is 0 Å². The van der Waals surface area contributed by atoms with Crippen LogP contribution in [0.1, 0.15) is 43.1 Å². The van der Waals surface area contributed by atoms with E-state index in [0.717, 1.165) is 18.2 Å². The van der Waals surface area contributed by atoms with Crippen LogP contribution in [0.4, 0.5) is 16.2 Å². The van der Waals surface area contributed by atoms with Crippen LogP contribution in [0, 0.1) is 0 Å². The number of amides is 2. The molecule has 2 rings (SSSR count). The van der Waals surface area contributed by atoms with Crippen LogP contribution in [0.3, 0.4) is 0 Å². The van der Waals surface area contributed by atoms with Gasteiger partial charge in [0.05, 0.1) is 11.4 Å². The Balaban J connectivity index is 2.06. The summed E-state index contributed by atoms with van der Waals surface area (Å²) in [7, 11) is 0. The lowest BCUT2D eigenvalue weighted by atomic mass is 10.1. The first-order chi connectivity index (χ1) is 12.8. The molecule has 0 aliphatic carbocycles. The molecule has 0 saturated heterocycles. The Morgan fingerprint density at radius 1 is 0.963 bits per heavy atom. The second kappa shape index (κ2) is 9.55. The van der Waals surface area contributed by atoms with Crippen LogP contribution >= 0.6 is 15.9 Å². The fourth-order valence-corrected chi connectivity index (χ4v) is 2.68. The minimum Gasteiger partial charge on any atom is -0.444 e. The number of hydrogen-bond acceptors (Lipinski definition) is 3. The number of hydrogen-bond donors (Lipinski definition) is 2. The molecule has 2 aromatic rings. The van der Waals surface area contributed by atoms with Crippen LogP contribution in [-0.4, -0.2) is 22.9 Å². The number of aryl methyl sites for hydroxylation is 1. The maximum atomic E-state index is 12.5. The first-order valence-electron chi connectivity index (χ1n) is 8.84. The van der Waals surface area contributed by atoms with Gasteiger partial charge in [0, 0.05) is 10.9 Å². The summed E-state index contributed by atoms with van der Waals surface area (Å²) < 4.78 is 5.27. The third-order valence-electron chi connectivity index (χ3n) is 3.63. The van der Waals surface area contributed by atoms with E-state index in [0.29, 0.717) is 16.9 Å². The quantitative estimate of drug-likeness (QED) is 0.582. The number of para-hydroxylation sites is 2. The van der Waals surface area contributed by atoms with Gasteiger partial charge >= 0.3 is 6.09 Å². The Labute approximate surface area is 168 Å². The maximum Gasteiger partial charge on any atom is 0.412 e. The molecule has 2 amide bonds. The molecule has 0 saturated carbocycles. The van der Waals surface area contributed by atoms with Crippen LogP contribution in [0.15, 0.2) is 48.5 Å². The maximum absolute atomic E-state index is 12.5. The molecule has 0 heterocycles. The topological polar surface area (TPSA) is 67.4 Å². The average Bonchev–Trinajstić information content (AvgIpc) is 2.60. The van der Waals surface area contributed by atoms with Crippen molar-refractivity contribution in [3.63, 3.8) is 0 Å². The molecule has 2 aromatic carbocycles. The van der Waals surface area contributed by atoms with E-state index in [4.69, 9.17) is 4.74 Å². The highest BCUT2D eigenvalue weighted by Crippen LogP contribution is 2.23. The smallest absolute Gasteiger partial charge is 0.412 e. The summed E-state index contributed by atoms with van der Waals surface area (Å²) >= 11 is 3.42. The van der Waals surface area contributed by atoms with Gasteiger partial charge in [0.1, 0.15) is 5.60 Å². The average molecular weight is 433 g/mol. The van der Waals surface area contributed by atoms with Gasteiger partial charge in [-0.15, -0.1) is 0 Å². The predicted octanol–water partition coefficient (Wildman–Crippen LogP) is 5.61. The first kappa shape index (κ1) is 21.0. The number of nitrogens with one attached hydrogen (secondary N) is 2. The van der Waals surface area contributed by atoms with Crippen LogP contribution in [-0.2, 0) is 11.2 Å². The standard InChI is InChI=1S/C21H25BrN2O3/c1-21(2,3)27-20(26)24-18-9-5-4-8-17(18)23-19(25)16-12-10-15(11-13-16)7-6-14-22/h4-5,8-13H,6-7,14H2,1-3H3,(H,23,25)(H,24,26). The Morgan fingerprint density at radius 2 is 1.56 bits per heavy atom. The Bertz CT molecular complexity index is 783. The number of carbonyl (C=O) groups excluding carboxylic acids is 2. The van der Waals surface area contributed by atoms with Gasteiger partial charge < -0.3 is 10.1 Å². The molecule has 0 spiro atoms. The molecular formula is C21H25BrN2O3. The largest absolute Gasteiger partial charge is 0.444 e. The molecule has 144 valence electrons. The van der Waals surface area contributed by atoms with Gasteiger partial charge in [-0.05, 0) is 63.4 Å². The molecule has 0 fully saturated rings. The van der Waals surface area contributed by atoms with Crippen LogP contribution in [0.2, 0.25) is 0 Å². The van der Waals surface area contributed by atoms with Gasteiger partial charge in [0.2, 0.25) is 0 Å². The Hall–Kier alpha value is -2.34. The van der Waals surface area contributed by atoms with Gasteiger partial charge in [0.15, 0.2) is 0 Å². The van der Waals surface area contributed by atoms with E-state index in [1.807, 2.05) is 24.3 Å². The van der Waals surface area contributed by atoms with E-state index in [2.05, 4.69) is 26.6 Å². The van der Waals surface area contributed by atoms with Crippen molar-refractivity contribution in [3.05, 3.63) is 59.7 Å². The molecule has 5 nitrogen and oxygen atoms in total. The first-order valence-corrected chi connectivity index (χ1v) is 9.96. The zero-order chi connectivity index (χ0) is 19.9. The van der Waals surface area contributed by atoms with Crippen molar-refractivity contribution < 1.29 is 14.3 Å². The number of benzene rings is 2. The second-order valence-electron chi connectivity index (χ2n) is 7.12. The normalized spacial score (nSPS) is 11.0. The van der Waals surface area contributed by atoms with E-state index >= 15 is 0 Å². The van der Waals surface area contributed by atoms with E-state index < -0.39 is 11.7 Å². The Morgan fingerprint density at radius 3 is 2.11 bits per heavy atom. The van der Waals surface area contributed by atoms with Crippen molar-refractivity contribution in [3.8, 4) is 0 Å². The third-order valence-corrected chi connectivity index (χ3v) is 4.19. The molecule has 0 bridgehead atoms. The molecule has 0 aliphatic heterocycles. The summed E-state index contributed by atoms with van der Waals surface area (Å²) in [5.74, 6) is -0.236. The molecule has 0 radical (unpaired) electrons. The van der Waals surface area contributed by atoms with Crippen molar-refractivity contribution >= 4 is 39.3 Å². The highest BCUT2D eigenvalue weighted by Gasteiger charge is 2.17. The monoisotopic (exact) mass is 432 g/mol. The number of anilines is 2. The fraction of sp³-hybridized carbons (Fsp3) is 0.333. The molecular weight excluding hydrogens is 408 g/mol. The molecule has 2 N–H and O–H groups in total. The third kappa shape index (κ3) is 7.06. The molecule has 0 atom stereocenters. The summed E-state index contributed by atoms with van der Waals surface area (Å²) in [5, 5.41) is 6.47. The summed E-state index contributed by atoms with van der Waals surface area (Å²) in [4.78, 5) is 24.6. The molecule has 27 heavy (non-hydrogen) atoms. The van der Waals surface area contributed by atoms with Crippen molar-refractivity contribution in [2.24, 2.45) is 0 Å². The summed E-state index contributed by atoms with van der Waals surface area (Å²) in [6, 6.07) is 14.6. The number of carbonyl (C=O) groups is 2. The lowest BCUT2D eigenvalue weighted by Gasteiger charge is -2.20.